The molecule has 0 spiro atoms. The molecule has 0 saturated heterocycles. The minimum Gasteiger partial charge on any atom is -0.480 e. The normalized spacial score (nSPS) is 21.2. The van der Waals surface area contributed by atoms with Crippen molar-refractivity contribution in [1.82, 2.24) is 4.90 Å². The van der Waals surface area contributed by atoms with Crippen molar-refractivity contribution in [1.29, 1.82) is 0 Å². The summed E-state index contributed by atoms with van der Waals surface area (Å²) >= 11 is 0. The Morgan fingerprint density at radius 2 is 1.73 bits per heavy atom. The molecule has 2 aliphatic carbocycles. The summed E-state index contributed by atoms with van der Waals surface area (Å²) in [6.07, 6.45) is 7.60. The van der Waals surface area contributed by atoms with Gasteiger partial charge in [-0.1, -0.05) is 32.1 Å². The highest BCUT2D eigenvalue weighted by Crippen LogP contribution is 2.35. The molecule has 0 heterocycles. The van der Waals surface area contributed by atoms with Gasteiger partial charge >= 0.3 is 12.1 Å². The van der Waals surface area contributed by atoms with E-state index in [2.05, 4.69) is 0 Å². The van der Waals surface area contributed by atoms with Crippen molar-refractivity contribution in [3.63, 3.8) is 0 Å². The van der Waals surface area contributed by atoms with Crippen LogP contribution in [0.4, 0.5) is 4.79 Å². The number of amides is 1. The minimum atomic E-state index is -0.900. The lowest BCUT2D eigenvalue weighted by Gasteiger charge is -2.34. The number of carbonyl (C=O) groups excluding carboxylic acids is 1. The van der Waals surface area contributed by atoms with Crippen LogP contribution in [0.2, 0.25) is 0 Å². The number of nitrogens with zero attached hydrogens (tertiary/aromatic N) is 1. The zero-order valence-electron chi connectivity index (χ0n) is 14.0. The van der Waals surface area contributed by atoms with E-state index in [4.69, 9.17) is 4.74 Å². The lowest BCUT2D eigenvalue weighted by molar-refractivity contribution is -0.144. The summed E-state index contributed by atoms with van der Waals surface area (Å²) in [5, 5.41) is 9.65. The van der Waals surface area contributed by atoms with Crippen molar-refractivity contribution in [2.75, 3.05) is 0 Å². The Morgan fingerprint density at radius 1 is 1.14 bits per heavy atom. The predicted octanol–water partition coefficient (Wildman–Crippen LogP) is 3.81. The summed E-state index contributed by atoms with van der Waals surface area (Å²) in [6, 6.07) is -0.704. The smallest absolute Gasteiger partial charge is 0.411 e. The molecular formula is C17H29NO4. The van der Waals surface area contributed by atoms with E-state index in [1.165, 1.54) is 24.2 Å². The Labute approximate surface area is 133 Å². The number of carbonyl (C=O) groups is 2. The second-order valence-corrected chi connectivity index (χ2v) is 7.71. The third kappa shape index (κ3) is 4.89. The lowest BCUT2D eigenvalue weighted by atomic mass is 9.84. The van der Waals surface area contributed by atoms with E-state index in [-0.39, 0.29) is 6.04 Å². The maximum Gasteiger partial charge on any atom is 0.411 e. The Balaban J connectivity index is 2.07. The van der Waals surface area contributed by atoms with Gasteiger partial charge in [0.2, 0.25) is 0 Å². The molecule has 0 aromatic carbocycles. The summed E-state index contributed by atoms with van der Waals surface area (Å²) in [7, 11) is 0. The van der Waals surface area contributed by atoms with Crippen LogP contribution in [0.5, 0.6) is 0 Å². The number of rotatable bonds is 5. The fourth-order valence-electron chi connectivity index (χ4n) is 3.27. The molecule has 0 radical (unpaired) electrons. The molecule has 2 rings (SSSR count). The van der Waals surface area contributed by atoms with E-state index >= 15 is 0 Å². The Hall–Kier alpha value is -1.26. The second-order valence-electron chi connectivity index (χ2n) is 7.71. The van der Waals surface area contributed by atoms with E-state index in [1.54, 1.807) is 0 Å². The van der Waals surface area contributed by atoms with E-state index in [0.29, 0.717) is 12.3 Å². The first-order valence-corrected chi connectivity index (χ1v) is 8.52. The minimum absolute atomic E-state index is 0.0412. The predicted molar refractivity (Wildman–Crippen MR) is 83.7 cm³/mol. The van der Waals surface area contributed by atoms with Crippen molar-refractivity contribution in [3.8, 4) is 0 Å². The van der Waals surface area contributed by atoms with Gasteiger partial charge in [-0.25, -0.2) is 9.59 Å². The van der Waals surface area contributed by atoms with Gasteiger partial charge in [-0.3, -0.25) is 4.90 Å². The van der Waals surface area contributed by atoms with Crippen LogP contribution in [0.15, 0.2) is 0 Å². The van der Waals surface area contributed by atoms with Crippen LogP contribution in [0.25, 0.3) is 0 Å². The van der Waals surface area contributed by atoms with Crippen molar-refractivity contribution in [3.05, 3.63) is 0 Å². The maximum absolute atomic E-state index is 12.5. The Morgan fingerprint density at radius 3 is 2.18 bits per heavy atom. The number of hydrogen-bond donors (Lipinski definition) is 1. The highest BCUT2D eigenvalue weighted by molar-refractivity contribution is 5.80. The van der Waals surface area contributed by atoms with Crippen molar-refractivity contribution in [2.45, 2.75) is 89.8 Å². The summed E-state index contributed by atoms with van der Waals surface area (Å²) in [6.45, 7) is 5.44. The van der Waals surface area contributed by atoms with Crippen molar-refractivity contribution in [2.24, 2.45) is 5.92 Å². The lowest BCUT2D eigenvalue weighted by Crippen LogP contribution is -2.49. The van der Waals surface area contributed by atoms with E-state index in [1.807, 2.05) is 20.8 Å². The standard InChI is InChI=1S/C17H29NO4/c1-17(2,3)22-16(21)18(13-9-10-13)14(15(19)20)11-12-7-5-4-6-8-12/h12-14H,4-11H2,1-3H3,(H,19,20). The molecule has 1 unspecified atom stereocenters. The van der Waals surface area contributed by atoms with E-state index < -0.39 is 23.7 Å². The quantitative estimate of drug-likeness (QED) is 0.838. The van der Waals surface area contributed by atoms with Gasteiger partial charge in [0.1, 0.15) is 11.6 Å². The molecule has 5 nitrogen and oxygen atoms in total. The zero-order valence-corrected chi connectivity index (χ0v) is 14.0. The van der Waals surface area contributed by atoms with Gasteiger partial charge in [0.25, 0.3) is 0 Å². The van der Waals surface area contributed by atoms with E-state index in [9.17, 15) is 14.7 Å². The maximum atomic E-state index is 12.5. The zero-order chi connectivity index (χ0) is 16.3. The summed E-state index contributed by atoms with van der Waals surface area (Å²) in [4.78, 5) is 25.7. The Kier molecular flexibility index (Phi) is 5.35. The molecule has 1 amide bonds. The van der Waals surface area contributed by atoms with Crippen LogP contribution in [0, 0.1) is 5.92 Å². The van der Waals surface area contributed by atoms with Gasteiger partial charge < -0.3 is 9.84 Å². The van der Waals surface area contributed by atoms with Crippen LogP contribution >= 0.6 is 0 Å². The van der Waals surface area contributed by atoms with Crippen molar-refractivity contribution < 1.29 is 19.4 Å². The molecule has 2 saturated carbocycles. The molecular weight excluding hydrogens is 282 g/mol. The van der Waals surface area contributed by atoms with Crippen LogP contribution in [0.1, 0.15) is 72.1 Å². The van der Waals surface area contributed by atoms with Gasteiger partial charge in [0.05, 0.1) is 0 Å². The average Bonchev–Trinajstić information content (AvgIpc) is 3.21. The topological polar surface area (TPSA) is 66.8 Å². The molecule has 0 aromatic rings. The van der Waals surface area contributed by atoms with E-state index in [0.717, 1.165) is 25.7 Å². The third-order valence-electron chi connectivity index (χ3n) is 4.45. The molecule has 5 heteroatoms. The van der Waals surface area contributed by atoms with Crippen LogP contribution < -0.4 is 0 Å². The van der Waals surface area contributed by atoms with Crippen LogP contribution in [-0.2, 0) is 9.53 Å². The van der Waals surface area contributed by atoms with Gasteiger partial charge in [0, 0.05) is 6.04 Å². The molecule has 0 aromatic heterocycles. The summed E-state index contributed by atoms with van der Waals surface area (Å²) < 4.78 is 5.45. The highest BCUT2D eigenvalue weighted by Gasteiger charge is 2.43. The average molecular weight is 311 g/mol. The summed E-state index contributed by atoms with van der Waals surface area (Å²) in [5.74, 6) is -0.484. The first kappa shape index (κ1) is 17.1. The van der Waals surface area contributed by atoms with Gasteiger partial charge in [-0.2, -0.15) is 0 Å². The SMILES string of the molecule is CC(C)(C)OC(=O)N(C1CC1)C(CC1CCCCC1)C(=O)O. The molecule has 2 aliphatic rings. The van der Waals surface area contributed by atoms with Crippen LogP contribution in [0.3, 0.4) is 0 Å². The number of carboxylic acid groups (broad SMARTS) is 1. The monoisotopic (exact) mass is 311 g/mol. The van der Waals surface area contributed by atoms with Gasteiger partial charge in [-0.15, -0.1) is 0 Å². The number of ether oxygens (including phenoxy) is 1. The summed E-state index contributed by atoms with van der Waals surface area (Å²) in [5.41, 5.74) is -0.599. The molecule has 1 atom stereocenters. The fraction of sp³-hybridized carbons (Fsp3) is 0.882. The van der Waals surface area contributed by atoms with Crippen molar-refractivity contribution >= 4 is 12.1 Å². The third-order valence-corrected chi connectivity index (χ3v) is 4.45. The largest absolute Gasteiger partial charge is 0.480 e. The highest BCUT2D eigenvalue weighted by atomic mass is 16.6. The molecule has 0 bridgehead atoms. The second kappa shape index (κ2) is 6.88. The first-order valence-electron chi connectivity index (χ1n) is 8.52. The van der Waals surface area contributed by atoms with Crippen LogP contribution in [-0.4, -0.2) is 39.8 Å². The first-order chi connectivity index (χ1) is 10.3. The fourth-order valence-corrected chi connectivity index (χ4v) is 3.27. The number of aliphatic carboxylic acids is 1. The number of hydrogen-bond acceptors (Lipinski definition) is 3. The molecule has 1 N–H and O–H groups in total. The Bertz CT molecular complexity index is 405. The molecule has 126 valence electrons. The number of carboxylic acids is 1. The van der Waals surface area contributed by atoms with Gasteiger partial charge in [-0.05, 0) is 46.0 Å². The van der Waals surface area contributed by atoms with Gasteiger partial charge in [0.15, 0.2) is 0 Å². The molecule has 2 fully saturated rings. The molecule has 0 aliphatic heterocycles. The molecule has 22 heavy (non-hydrogen) atoms.